The molecule has 0 atom stereocenters. The molecule has 2 N–H and O–H groups in total. The maximum absolute atomic E-state index is 10.9. The molecule has 5 heteroatoms. The molecular weight excluding hydrogens is 224 g/mol. The number of nitrogens with two attached hydrogens (primary N) is 1. The van der Waals surface area contributed by atoms with E-state index in [1.54, 1.807) is 0 Å². The lowest BCUT2D eigenvalue weighted by Crippen LogP contribution is -2.14. The van der Waals surface area contributed by atoms with Crippen molar-refractivity contribution in [1.29, 1.82) is 0 Å². The molecule has 0 aliphatic rings. The van der Waals surface area contributed by atoms with Gasteiger partial charge in [-0.3, -0.25) is 4.99 Å². The molecule has 0 spiro atoms. The summed E-state index contributed by atoms with van der Waals surface area (Å²) in [4.78, 5) is 4.13. The van der Waals surface area contributed by atoms with Gasteiger partial charge < -0.3 is 5.73 Å². The summed E-state index contributed by atoms with van der Waals surface area (Å²) < 4.78 is 21.7. The number of benzene rings is 1. The number of rotatable bonds is 5. The summed E-state index contributed by atoms with van der Waals surface area (Å²) in [5.41, 5.74) is 6.61. The van der Waals surface area contributed by atoms with Crippen molar-refractivity contribution in [1.82, 2.24) is 0 Å². The minimum absolute atomic E-state index is 0.151. The Balaban J connectivity index is 2.47. The van der Waals surface area contributed by atoms with Crippen molar-refractivity contribution in [3.05, 3.63) is 35.9 Å². The van der Waals surface area contributed by atoms with E-state index in [9.17, 15) is 8.42 Å². The molecule has 0 bridgehead atoms. The van der Waals surface area contributed by atoms with Gasteiger partial charge in [-0.15, -0.1) is 0 Å². The zero-order valence-corrected chi connectivity index (χ0v) is 10.1. The summed E-state index contributed by atoms with van der Waals surface area (Å²) in [7, 11) is -2.90. The van der Waals surface area contributed by atoms with Gasteiger partial charge in [0.15, 0.2) is 0 Å². The smallest absolute Gasteiger partial charge is 0.147 e. The standard InChI is InChI=1S/C11H16N2O2S/c1-16(14,15)9-5-8-13-11(12)10-6-3-2-4-7-10/h2-4,6-7H,5,8-9H2,1H3,(H2,12,13). The molecular formula is C11H16N2O2S. The lowest BCUT2D eigenvalue weighted by molar-refractivity contribution is 0.599. The number of hydrogen-bond acceptors (Lipinski definition) is 3. The van der Waals surface area contributed by atoms with Crippen molar-refractivity contribution < 1.29 is 8.42 Å². The van der Waals surface area contributed by atoms with Crippen LogP contribution in [-0.4, -0.2) is 32.8 Å². The van der Waals surface area contributed by atoms with Crippen LogP contribution in [0.1, 0.15) is 12.0 Å². The third-order valence-corrected chi connectivity index (χ3v) is 3.06. The predicted octanol–water partition coefficient (Wildman–Crippen LogP) is 0.827. The van der Waals surface area contributed by atoms with Crippen LogP contribution in [0, 0.1) is 0 Å². The molecule has 0 amide bonds. The number of amidine groups is 1. The van der Waals surface area contributed by atoms with Gasteiger partial charge in [0.25, 0.3) is 0 Å². The molecule has 0 aliphatic heterocycles. The van der Waals surface area contributed by atoms with Crippen LogP contribution >= 0.6 is 0 Å². The van der Waals surface area contributed by atoms with E-state index in [1.807, 2.05) is 30.3 Å². The Morgan fingerprint density at radius 1 is 1.31 bits per heavy atom. The van der Waals surface area contributed by atoms with Gasteiger partial charge in [-0.1, -0.05) is 30.3 Å². The topological polar surface area (TPSA) is 72.5 Å². The van der Waals surface area contributed by atoms with Crippen LogP contribution < -0.4 is 5.73 Å². The van der Waals surface area contributed by atoms with Gasteiger partial charge in [0, 0.05) is 18.4 Å². The lowest BCUT2D eigenvalue weighted by atomic mass is 10.2. The molecule has 88 valence electrons. The summed E-state index contributed by atoms with van der Waals surface area (Å²) >= 11 is 0. The Bertz CT molecular complexity index is 452. The van der Waals surface area contributed by atoms with Crippen LogP contribution in [0.5, 0.6) is 0 Å². The van der Waals surface area contributed by atoms with E-state index in [0.717, 1.165) is 5.56 Å². The normalized spacial score (nSPS) is 12.7. The second-order valence-electron chi connectivity index (χ2n) is 3.62. The van der Waals surface area contributed by atoms with Gasteiger partial charge in [0.1, 0.15) is 15.7 Å². The van der Waals surface area contributed by atoms with Gasteiger partial charge >= 0.3 is 0 Å². The van der Waals surface area contributed by atoms with E-state index in [0.29, 0.717) is 18.8 Å². The molecule has 0 aromatic heterocycles. The van der Waals surface area contributed by atoms with Crippen molar-refractivity contribution in [3.8, 4) is 0 Å². The van der Waals surface area contributed by atoms with Crippen molar-refractivity contribution >= 4 is 15.7 Å². The van der Waals surface area contributed by atoms with Gasteiger partial charge in [0.05, 0.1) is 5.75 Å². The van der Waals surface area contributed by atoms with Gasteiger partial charge in [-0.2, -0.15) is 0 Å². The highest BCUT2D eigenvalue weighted by molar-refractivity contribution is 7.90. The van der Waals surface area contributed by atoms with E-state index in [-0.39, 0.29) is 5.75 Å². The Hall–Kier alpha value is -1.36. The largest absolute Gasteiger partial charge is 0.384 e. The first-order valence-electron chi connectivity index (χ1n) is 5.02. The van der Waals surface area contributed by atoms with Crippen LogP contribution in [0.15, 0.2) is 35.3 Å². The van der Waals surface area contributed by atoms with Gasteiger partial charge in [-0.25, -0.2) is 8.42 Å². The minimum atomic E-state index is -2.90. The molecule has 0 radical (unpaired) electrons. The fraction of sp³-hybridized carbons (Fsp3) is 0.364. The van der Waals surface area contributed by atoms with Crippen molar-refractivity contribution in [2.24, 2.45) is 10.7 Å². The van der Waals surface area contributed by atoms with Crippen LogP contribution in [0.3, 0.4) is 0 Å². The highest BCUT2D eigenvalue weighted by atomic mass is 32.2. The molecule has 0 unspecified atom stereocenters. The summed E-state index contributed by atoms with van der Waals surface area (Å²) in [5.74, 6) is 0.604. The lowest BCUT2D eigenvalue weighted by Gasteiger charge is -2.00. The predicted molar refractivity (Wildman–Crippen MR) is 66.4 cm³/mol. The third kappa shape index (κ3) is 4.93. The van der Waals surface area contributed by atoms with E-state index in [4.69, 9.17) is 5.73 Å². The van der Waals surface area contributed by atoms with E-state index in [1.165, 1.54) is 6.26 Å². The number of sulfone groups is 1. The molecule has 0 heterocycles. The first-order chi connectivity index (χ1) is 7.49. The average molecular weight is 240 g/mol. The van der Waals surface area contributed by atoms with E-state index < -0.39 is 9.84 Å². The summed E-state index contributed by atoms with van der Waals surface area (Å²) in [6.07, 6.45) is 1.73. The quantitative estimate of drug-likeness (QED) is 0.470. The molecule has 0 fully saturated rings. The van der Waals surface area contributed by atoms with Gasteiger partial charge in [0.2, 0.25) is 0 Å². The molecule has 0 saturated heterocycles. The Kier molecular flexibility index (Phi) is 4.49. The summed E-state index contributed by atoms with van der Waals surface area (Å²) in [6, 6.07) is 9.41. The molecule has 0 aliphatic carbocycles. The molecule has 0 saturated carbocycles. The first-order valence-corrected chi connectivity index (χ1v) is 7.08. The Labute approximate surface area is 96.1 Å². The van der Waals surface area contributed by atoms with Crippen LogP contribution in [0.4, 0.5) is 0 Å². The number of hydrogen-bond donors (Lipinski definition) is 1. The molecule has 4 nitrogen and oxygen atoms in total. The molecule has 1 aromatic rings. The number of nitrogens with zero attached hydrogens (tertiary/aromatic N) is 1. The van der Waals surface area contributed by atoms with Crippen molar-refractivity contribution in [2.75, 3.05) is 18.6 Å². The van der Waals surface area contributed by atoms with Crippen molar-refractivity contribution in [3.63, 3.8) is 0 Å². The highest BCUT2D eigenvalue weighted by Crippen LogP contribution is 1.98. The third-order valence-electron chi connectivity index (χ3n) is 2.02. The Morgan fingerprint density at radius 2 is 1.94 bits per heavy atom. The van der Waals surface area contributed by atoms with Crippen molar-refractivity contribution in [2.45, 2.75) is 6.42 Å². The fourth-order valence-corrected chi connectivity index (χ4v) is 1.88. The average Bonchev–Trinajstić information content (AvgIpc) is 2.24. The zero-order valence-electron chi connectivity index (χ0n) is 9.26. The number of aliphatic imine (C=N–C) groups is 1. The maximum Gasteiger partial charge on any atom is 0.147 e. The highest BCUT2D eigenvalue weighted by Gasteiger charge is 2.01. The minimum Gasteiger partial charge on any atom is -0.384 e. The Morgan fingerprint density at radius 3 is 2.50 bits per heavy atom. The second-order valence-corrected chi connectivity index (χ2v) is 5.88. The van der Waals surface area contributed by atoms with Crippen LogP contribution in [-0.2, 0) is 9.84 Å². The second kappa shape index (κ2) is 5.65. The zero-order chi connectivity index (χ0) is 12.0. The first kappa shape index (κ1) is 12.7. The van der Waals surface area contributed by atoms with Crippen LogP contribution in [0.2, 0.25) is 0 Å². The SMILES string of the molecule is CS(=O)(=O)CCCN=C(N)c1ccccc1. The van der Waals surface area contributed by atoms with E-state index in [2.05, 4.69) is 4.99 Å². The fourth-order valence-electron chi connectivity index (χ4n) is 1.23. The molecule has 1 aromatic carbocycles. The van der Waals surface area contributed by atoms with E-state index >= 15 is 0 Å². The summed E-state index contributed by atoms with van der Waals surface area (Å²) in [6.45, 7) is 0.438. The molecule has 16 heavy (non-hydrogen) atoms. The monoisotopic (exact) mass is 240 g/mol. The summed E-state index contributed by atoms with van der Waals surface area (Å²) in [5, 5.41) is 0. The van der Waals surface area contributed by atoms with Crippen LogP contribution in [0.25, 0.3) is 0 Å². The molecule has 1 rings (SSSR count). The van der Waals surface area contributed by atoms with Gasteiger partial charge in [-0.05, 0) is 6.42 Å². The maximum atomic E-state index is 10.9.